The highest BCUT2D eigenvalue weighted by Crippen LogP contribution is 2.32. The van der Waals surface area contributed by atoms with Gasteiger partial charge in [0.2, 0.25) is 0 Å². The zero-order valence-corrected chi connectivity index (χ0v) is 22.8. The zero-order valence-electron chi connectivity index (χ0n) is 22.0. The Hall–Kier alpha value is -3.65. The highest BCUT2D eigenvalue weighted by atomic mass is 32.1. The predicted molar refractivity (Wildman–Crippen MR) is 145 cm³/mol. The molecule has 0 saturated heterocycles. The van der Waals surface area contributed by atoms with Crippen LogP contribution in [0.5, 0.6) is 11.5 Å². The molecule has 0 amide bonds. The molecule has 3 aromatic rings. The van der Waals surface area contributed by atoms with Gasteiger partial charge in [0.05, 0.1) is 42.2 Å². The van der Waals surface area contributed by atoms with Crippen LogP contribution in [0, 0.1) is 0 Å². The van der Waals surface area contributed by atoms with E-state index in [-0.39, 0.29) is 12.2 Å². The Balaban J connectivity index is 1.90. The maximum absolute atomic E-state index is 13.8. The summed E-state index contributed by atoms with van der Waals surface area (Å²) in [4.78, 5) is 32.0. The first-order valence-corrected chi connectivity index (χ1v) is 13.2. The molecule has 1 aliphatic heterocycles. The molecule has 0 bridgehead atoms. The molecule has 4 rings (SSSR count). The molecule has 0 fully saturated rings. The van der Waals surface area contributed by atoms with Crippen molar-refractivity contribution in [2.24, 2.45) is 4.99 Å². The van der Waals surface area contributed by atoms with Gasteiger partial charge in [-0.2, -0.15) is 0 Å². The Morgan fingerprint density at radius 1 is 1.11 bits per heavy atom. The van der Waals surface area contributed by atoms with Crippen molar-refractivity contribution >= 4 is 23.4 Å². The van der Waals surface area contributed by atoms with Gasteiger partial charge in [0.25, 0.3) is 5.56 Å². The van der Waals surface area contributed by atoms with Crippen molar-refractivity contribution in [3.05, 3.63) is 90.1 Å². The van der Waals surface area contributed by atoms with Crippen LogP contribution in [0.3, 0.4) is 0 Å². The number of hydrogen-bond donors (Lipinski definition) is 0. The van der Waals surface area contributed by atoms with Crippen LogP contribution in [-0.4, -0.2) is 30.9 Å². The average molecular weight is 521 g/mol. The van der Waals surface area contributed by atoms with Gasteiger partial charge in [-0.25, -0.2) is 9.79 Å². The fraction of sp³-hybridized carbons (Fsp3) is 0.345. The number of thiazole rings is 1. The number of carbonyl (C=O) groups excluding carboxylic acids is 1. The van der Waals surface area contributed by atoms with Gasteiger partial charge in [-0.3, -0.25) is 9.36 Å². The van der Waals surface area contributed by atoms with Gasteiger partial charge in [-0.1, -0.05) is 55.5 Å². The van der Waals surface area contributed by atoms with Gasteiger partial charge in [0, 0.05) is 0 Å². The molecular formula is C29H32N2O5S. The topological polar surface area (TPSA) is 79.1 Å². The highest BCUT2D eigenvalue weighted by molar-refractivity contribution is 7.07. The van der Waals surface area contributed by atoms with E-state index < -0.39 is 12.0 Å². The predicted octanol–water partition coefficient (Wildman–Crippen LogP) is 4.33. The lowest BCUT2D eigenvalue weighted by Gasteiger charge is -2.25. The molecule has 0 saturated carbocycles. The van der Waals surface area contributed by atoms with Crippen molar-refractivity contribution in [3.8, 4) is 11.5 Å². The Kier molecular flexibility index (Phi) is 7.97. The van der Waals surface area contributed by atoms with E-state index in [1.807, 2.05) is 55.5 Å². The molecule has 0 aliphatic carbocycles. The standard InChI is InChI=1S/C29H32N2O5S/c1-7-35-23-15-19(9-14-22(23)34-6)16-24-27(32)31-26(21-12-10-20(11-13-21)17(3)4)25(28(33)36-8-2)18(5)30-29(31)37-24/h9-17,26H,7-8H2,1-6H3/b24-16+. The largest absolute Gasteiger partial charge is 0.493 e. The molecule has 1 unspecified atom stereocenters. The van der Waals surface area contributed by atoms with E-state index in [0.29, 0.717) is 44.6 Å². The first-order valence-electron chi connectivity index (χ1n) is 12.4. The number of ether oxygens (including phenoxy) is 3. The summed E-state index contributed by atoms with van der Waals surface area (Å²) in [6.07, 6.45) is 1.81. The van der Waals surface area contributed by atoms with Crippen molar-refractivity contribution < 1.29 is 19.0 Å². The third kappa shape index (κ3) is 5.25. The lowest BCUT2D eigenvalue weighted by molar-refractivity contribution is -0.139. The smallest absolute Gasteiger partial charge is 0.338 e. The van der Waals surface area contributed by atoms with Gasteiger partial charge in [0.15, 0.2) is 16.3 Å². The minimum absolute atomic E-state index is 0.218. The summed E-state index contributed by atoms with van der Waals surface area (Å²) in [6.45, 7) is 10.4. The molecular weight excluding hydrogens is 488 g/mol. The Morgan fingerprint density at radius 2 is 1.84 bits per heavy atom. The molecule has 8 heteroatoms. The summed E-state index contributed by atoms with van der Waals surface area (Å²) in [5.74, 6) is 1.13. The van der Waals surface area contributed by atoms with Crippen LogP contribution in [0.25, 0.3) is 6.08 Å². The van der Waals surface area contributed by atoms with Gasteiger partial charge in [-0.15, -0.1) is 0 Å². The number of aromatic nitrogens is 1. The number of carbonyl (C=O) groups is 1. The molecule has 7 nitrogen and oxygen atoms in total. The maximum atomic E-state index is 13.8. The van der Waals surface area contributed by atoms with E-state index >= 15 is 0 Å². The summed E-state index contributed by atoms with van der Waals surface area (Å²) in [5, 5.41) is 0. The monoisotopic (exact) mass is 520 g/mol. The number of allylic oxidation sites excluding steroid dienone is 1. The Labute approximate surface area is 220 Å². The minimum atomic E-state index is -0.631. The van der Waals surface area contributed by atoms with Crippen LogP contribution in [0.4, 0.5) is 0 Å². The number of esters is 1. The second-order valence-electron chi connectivity index (χ2n) is 8.97. The first kappa shape index (κ1) is 26.4. The SMILES string of the molecule is CCOC(=O)C1=C(C)N=c2s/c(=C/c3ccc(OC)c(OCC)c3)c(=O)n2C1c1ccc(C(C)C)cc1. The quantitative estimate of drug-likeness (QED) is 0.413. The number of fused-ring (bicyclic) bond motifs is 1. The van der Waals surface area contributed by atoms with Crippen molar-refractivity contribution in [3.63, 3.8) is 0 Å². The molecule has 2 heterocycles. The Bertz CT molecular complexity index is 1510. The van der Waals surface area contributed by atoms with Gasteiger partial charge in [0.1, 0.15) is 0 Å². The molecule has 194 valence electrons. The minimum Gasteiger partial charge on any atom is -0.493 e. The van der Waals surface area contributed by atoms with Crippen molar-refractivity contribution in [2.45, 2.75) is 46.6 Å². The van der Waals surface area contributed by atoms with E-state index in [4.69, 9.17) is 14.2 Å². The molecule has 1 aliphatic rings. The van der Waals surface area contributed by atoms with Crippen LogP contribution in [0.15, 0.2) is 63.5 Å². The van der Waals surface area contributed by atoms with Gasteiger partial charge in [-0.05, 0) is 61.6 Å². The van der Waals surface area contributed by atoms with E-state index in [9.17, 15) is 9.59 Å². The normalized spacial score (nSPS) is 15.4. The summed E-state index contributed by atoms with van der Waals surface area (Å²) in [7, 11) is 1.59. The molecule has 2 aromatic carbocycles. The molecule has 1 aromatic heterocycles. The average Bonchev–Trinajstić information content (AvgIpc) is 3.18. The van der Waals surface area contributed by atoms with Crippen molar-refractivity contribution in [2.75, 3.05) is 20.3 Å². The molecule has 1 atom stereocenters. The van der Waals surface area contributed by atoms with Gasteiger partial charge < -0.3 is 14.2 Å². The number of hydrogen-bond acceptors (Lipinski definition) is 7. The lowest BCUT2D eigenvalue weighted by Crippen LogP contribution is -2.39. The lowest BCUT2D eigenvalue weighted by atomic mass is 9.93. The summed E-state index contributed by atoms with van der Waals surface area (Å²) < 4.78 is 18.6. The number of nitrogens with zero attached hydrogens (tertiary/aromatic N) is 2. The van der Waals surface area contributed by atoms with Gasteiger partial charge >= 0.3 is 5.97 Å². The molecule has 0 N–H and O–H groups in total. The summed E-state index contributed by atoms with van der Waals surface area (Å²) in [6, 6.07) is 12.9. The van der Waals surface area contributed by atoms with E-state index in [0.717, 1.165) is 11.1 Å². The second-order valence-corrected chi connectivity index (χ2v) is 9.98. The summed E-state index contributed by atoms with van der Waals surface area (Å²) >= 11 is 1.29. The van der Waals surface area contributed by atoms with Crippen LogP contribution >= 0.6 is 11.3 Å². The third-order valence-corrected chi connectivity index (χ3v) is 7.20. The Morgan fingerprint density at radius 3 is 2.46 bits per heavy atom. The summed E-state index contributed by atoms with van der Waals surface area (Å²) in [5.41, 5.74) is 3.52. The molecule has 37 heavy (non-hydrogen) atoms. The van der Waals surface area contributed by atoms with E-state index in [1.54, 1.807) is 25.5 Å². The first-order chi connectivity index (χ1) is 17.8. The molecule has 0 spiro atoms. The third-order valence-electron chi connectivity index (χ3n) is 6.22. The van der Waals surface area contributed by atoms with Crippen LogP contribution < -0.4 is 24.4 Å². The zero-order chi connectivity index (χ0) is 26.7. The number of methoxy groups -OCH3 is 1. The fourth-order valence-electron chi connectivity index (χ4n) is 4.37. The maximum Gasteiger partial charge on any atom is 0.338 e. The number of rotatable bonds is 8. The van der Waals surface area contributed by atoms with Crippen LogP contribution in [0.1, 0.15) is 63.3 Å². The van der Waals surface area contributed by atoms with E-state index in [2.05, 4.69) is 18.8 Å². The second kappa shape index (κ2) is 11.2. The fourth-order valence-corrected chi connectivity index (χ4v) is 5.42. The van der Waals surface area contributed by atoms with E-state index in [1.165, 1.54) is 16.9 Å². The number of benzene rings is 2. The van der Waals surface area contributed by atoms with Crippen molar-refractivity contribution in [1.29, 1.82) is 0 Å². The molecule has 0 radical (unpaired) electrons. The van der Waals surface area contributed by atoms with Crippen LogP contribution in [0.2, 0.25) is 0 Å². The highest BCUT2D eigenvalue weighted by Gasteiger charge is 2.33. The van der Waals surface area contributed by atoms with Crippen molar-refractivity contribution in [1.82, 2.24) is 4.57 Å². The van der Waals surface area contributed by atoms with Crippen LogP contribution in [-0.2, 0) is 9.53 Å².